The predicted molar refractivity (Wildman–Crippen MR) is 73.5 cm³/mol. The van der Waals surface area contributed by atoms with Crippen molar-refractivity contribution in [3.8, 4) is 0 Å². The van der Waals surface area contributed by atoms with Crippen LogP contribution in [0.4, 0.5) is 0 Å². The van der Waals surface area contributed by atoms with E-state index in [0.717, 1.165) is 32.6 Å². The van der Waals surface area contributed by atoms with Crippen molar-refractivity contribution in [2.75, 3.05) is 26.2 Å². The van der Waals surface area contributed by atoms with Gasteiger partial charge in [-0.05, 0) is 38.8 Å². The van der Waals surface area contributed by atoms with Gasteiger partial charge in [-0.15, -0.1) is 0 Å². The Bertz CT molecular complexity index is 282. The van der Waals surface area contributed by atoms with Gasteiger partial charge in [0.1, 0.15) is 0 Å². The summed E-state index contributed by atoms with van der Waals surface area (Å²) in [5.41, 5.74) is 0. The maximum Gasteiger partial charge on any atom is 0.224 e. The van der Waals surface area contributed by atoms with E-state index in [1.807, 2.05) is 0 Å². The van der Waals surface area contributed by atoms with Crippen molar-refractivity contribution in [1.29, 1.82) is 0 Å². The molecule has 104 valence electrons. The van der Waals surface area contributed by atoms with Gasteiger partial charge >= 0.3 is 0 Å². The van der Waals surface area contributed by atoms with Crippen molar-refractivity contribution < 1.29 is 4.79 Å². The van der Waals surface area contributed by atoms with E-state index in [1.165, 1.54) is 19.3 Å². The van der Waals surface area contributed by atoms with E-state index in [2.05, 4.69) is 29.4 Å². The SMILES string of the molecule is CCCN(CC)CCNC(=O)C1CC2CCC1N2. The Balaban J connectivity index is 1.66. The molecule has 0 aromatic carbocycles. The number of carbonyl (C=O) groups is 1. The molecule has 2 aliphatic rings. The van der Waals surface area contributed by atoms with Crippen molar-refractivity contribution in [1.82, 2.24) is 15.5 Å². The van der Waals surface area contributed by atoms with Crippen LogP contribution >= 0.6 is 0 Å². The lowest BCUT2D eigenvalue weighted by atomic mass is 9.88. The molecular weight excluding hydrogens is 226 g/mol. The molecule has 0 aliphatic carbocycles. The van der Waals surface area contributed by atoms with Crippen LogP contribution in [0.5, 0.6) is 0 Å². The summed E-state index contributed by atoms with van der Waals surface area (Å²) in [5, 5.41) is 6.63. The van der Waals surface area contributed by atoms with E-state index in [4.69, 9.17) is 0 Å². The van der Waals surface area contributed by atoms with Gasteiger partial charge in [0.05, 0.1) is 5.92 Å². The number of amides is 1. The fraction of sp³-hybridized carbons (Fsp3) is 0.929. The highest BCUT2D eigenvalue weighted by atomic mass is 16.1. The number of hydrogen-bond acceptors (Lipinski definition) is 3. The summed E-state index contributed by atoms with van der Waals surface area (Å²) in [5.74, 6) is 0.493. The van der Waals surface area contributed by atoms with Gasteiger partial charge in [0.25, 0.3) is 0 Å². The lowest BCUT2D eigenvalue weighted by molar-refractivity contribution is -0.125. The zero-order valence-electron chi connectivity index (χ0n) is 11.7. The first-order chi connectivity index (χ1) is 8.74. The maximum absolute atomic E-state index is 12.1. The molecule has 2 rings (SSSR count). The number of likely N-dealkylation sites (N-methyl/N-ethyl adjacent to an activating group) is 1. The van der Waals surface area contributed by atoms with Crippen LogP contribution in [0.2, 0.25) is 0 Å². The predicted octanol–water partition coefficient (Wildman–Crippen LogP) is 0.975. The summed E-state index contributed by atoms with van der Waals surface area (Å²) in [6.07, 6.45) is 4.66. The zero-order valence-corrected chi connectivity index (χ0v) is 11.7. The molecule has 3 unspecified atom stereocenters. The van der Waals surface area contributed by atoms with E-state index in [-0.39, 0.29) is 11.8 Å². The molecule has 1 amide bonds. The topological polar surface area (TPSA) is 44.4 Å². The average Bonchev–Trinajstić information content (AvgIpc) is 2.99. The van der Waals surface area contributed by atoms with Crippen LogP contribution in [0.15, 0.2) is 0 Å². The van der Waals surface area contributed by atoms with Crippen molar-refractivity contribution >= 4 is 5.91 Å². The van der Waals surface area contributed by atoms with Gasteiger partial charge in [-0.3, -0.25) is 4.79 Å². The molecule has 2 N–H and O–H groups in total. The van der Waals surface area contributed by atoms with Crippen LogP contribution in [0.3, 0.4) is 0 Å². The largest absolute Gasteiger partial charge is 0.355 e. The second-order valence-electron chi connectivity index (χ2n) is 5.61. The second-order valence-corrected chi connectivity index (χ2v) is 5.61. The summed E-state index contributed by atoms with van der Waals surface area (Å²) < 4.78 is 0. The van der Waals surface area contributed by atoms with Crippen LogP contribution in [-0.2, 0) is 4.79 Å². The van der Waals surface area contributed by atoms with Crippen LogP contribution in [0.25, 0.3) is 0 Å². The normalized spacial score (nSPS) is 30.1. The molecule has 2 saturated heterocycles. The first-order valence-electron chi connectivity index (χ1n) is 7.50. The second kappa shape index (κ2) is 6.53. The molecule has 0 spiro atoms. The molecule has 4 heteroatoms. The Morgan fingerprint density at radius 1 is 1.33 bits per heavy atom. The Morgan fingerprint density at radius 3 is 2.72 bits per heavy atom. The molecule has 18 heavy (non-hydrogen) atoms. The third-order valence-corrected chi connectivity index (χ3v) is 4.35. The molecular formula is C14H27N3O. The first-order valence-corrected chi connectivity index (χ1v) is 7.50. The number of hydrogen-bond donors (Lipinski definition) is 2. The third-order valence-electron chi connectivity index (χ3n) is 4.35. The van der Waals surface area contributed by atoms with E-state index in [1.54, 1.807) is 0 Å². The molecule has 0 saturated carbocycles. The van der Waals surface area contributed by atoms with E-state index in [0.29, 0.717) is 12.1 Å². The molecule has 0 radical (unpaired) electrons. The molecule has 2 aliphatic heterocycles. The monoisotopic (exact) mass is 253 g/mol. The summed E-state index contributed by atoms with van der Waals surface area (Å²) >= 11 is 0. The van der Waals surface area contributed by atoms with Crippen molar-refractivity contribution in [3.05, 3.63) is 0 Å². The van der Waals surface area contributed by atoms with Gasteiger partial charge in [0.15, 0.2) is 0 Å². The highest BCUT2D eigenvalue weighted by Gasteiger charge is 2.42. The summed E-state index contributed by atoms with van der Waals surface area (Å²) in [6.45, 7) is 8.34. The smallest absolute Gasteiger partial charge is 0.224 e. The van der Waals surface area contributed by atoms with E-state index < -0.39 is 0 Å². The van der Waals surface area contributed by atoms with Gasteiger partial charge in [-0.1, -0.05) is 13.8 Å². The third kappa shape index (κ3) is 3.23. The zero-order chi connectivity index (χ0) is 13.0. The standard InChI is InChI=1S/C14H27N3O/c1-3-8-17(4-2)9-7-15-14(18)12-10-11-5-6-13(12)16-11/h11-13,16H,3-10H2,1-2H3,(H,15,18). The lowest BCUT2D eigenvalue weighted by Crippen LogP contribution is -2.41. The van der Waals surface area contributed by atoms with Gasteiger partial charge in [-0.2, -0.15) is 0 Å². The lowest BCUT2D eigenvalue weighted by Gasteiger charge is -2.22. The summed E-state index contributed by atoms with van der Waals surface area (Å²) in [4.78, 5) is 14.5. The van der Waals surface area contributed by atoms with Gasteiger partial charge in [0, 0.05) is 25.2 Å². The van der Waals surface area contributed by atoms with Gasteiger partial charge < -0.3 is 15.5 Å². The van der Waals surface area contributed by atoms with Crippen molar-refractivity contribution in [2.24, 2.45) is 5.92 Å². The maximum atomic E-state index is 12.1. The molecule has 2 bridgehead atoms. The molecule has 2 heterocycles. The Kier molecular flexibility index (Phi) is 5.01. The highest BCUT2D eigenvalue weighted by molar-refractivity contribution is 5.80. The highest BCUT2D eigenvalue weighted by Crippen LogP contribution is 2.33. The minimum atomic E-state index is 0.227. The minimum absolute atomic E-state index is 0.227. The van der Waals surface area contributed by atoms with Gasteiger partial charge in [0.2, 0.25) is 5.91 Å². The van der Waals surface area contributed by atoms with Crippen molar-refractivity contribution in [3.63, 3.8) is 0 Å². The van der Waals surface area contributed by atoms with Crippen LogP contribution in [0, 0.1) is 5.92 Å². The average molecular weight is 253 g/mol. The number of rotatable bonds is 7. The Labute approximate surface area is 110 Å². The molecule has 4 nitrogen and oxygen atoms in total. The van der Waals surface area contributed by atoms with Crippen LogP contribution in [-0.4, -0.2) is 49.1 Å². The number of carbonyl (C=O) groups excluding carboxylic acids is 1. The Morgan fingerprint density at radius 2 is 2.17 bits per heavy atom. The fourth-order valence-electron chi connectivity index (χ4n) is 3.33. The number of nitrogens with zero attached hydrogens (tertiary/aromatic N) is 1. The minimum Gasteiger partial charge on any atom is -0.355 e. The number of fused-ring (bicyclic) bond motifs is 2. The first kappa shape index (κ1) is 13.8. The molecule has 0 aromatic heterocycles. The van der Waals surface area contributed by atoms with Crippen LogP contribution in [0.1, 0.15) is 39.5 Å². The fourth-order valence-corrected chi connectivity index (χ4v) is 3.33. The Hall–Kier alpha value is -0.610. The molecule has 2 fully saturated rings. The molecule has 3 atom stereocenters. The summed E-state index contributed by atoms with van der Waals surface area (Å²) in [7, 11) is 0. The quantitative estimate of drug-likeness (QED) is 0.711. The summed E-state index contributed by atoms with van der Waals surface area (Å²) in [6, 6.07) is 1.06. The van der Waals surface area contributed by atoms with Crippen molar-refractivity contribution in [2.45, 2.75) is 51.6 Å². The number of nitrogens with one attached hydrogen (secondary N) is 2. The van der Waals surface area contributed by atoms with E-state index in [9.17, 15) is 4.79 Å². The van der Waals surface area contributed by atoms with Gasteiger partial charge in [-0.25, -0.2) is 0 Å². The molecule has 0 aromatic rings. The van der Waals surface area contributed by atoms with E-state index >= 15 is 0 Å². The van der Waals surface area contributed by atoms with Crippen LogP contribution < -0.4 is 10.6 Å².